The number of methoxy groups -OCH3 is 1. The maximum atomic E-state index is 12.1. The number of benzene rings is 1. The van der Waals surface area contributed by atoms with Crippen LogP contribution in [0.2, 0.25) is 0 Å². The minimum atomic E-state index is -1.24. The van der Waals surface area contributed by atoms with Gasteiger partial charge in [0.05, 0.1) is 19.7 Å². The zero-order valence-electron chi connectivity index (χ0n) is 14.1. The third-order valence-corrected chi connectivity index (χ3v) is 3.72. The molecule has 8 heteroatoms. The van der Waals surface area contributed by atoms with Crippen molar-refractivity contribution in [3.63, 3.8) is 0 Å². The van der Waals surface area contributed by atoms with Crippen LogP contribution in [0.4, 0.5) is 0 Å². The average molecular weight is 335 g/mol. The standard InChI is InChI=1S/C16H22BNO6/c1-4-6-14(19)18-13-8-10-7-11(22-3)9-12(16(20)23-5-2)15(10)24-17(13)21/h7,9,13,21H,4-6,8H2,1-3H3,(H,18,19). The van der Waals surface area contributed by atoms with Crippen molar-refractivity contribution in [1.82, 2.24) is 5.32 Å². The van der Waals surface area contributed by atoms with Gasteiger partial charge in [0.2, 0.25) is 5.91 Å². The first kappa shape index (κ1) is 18.1. The van der Waals surface area contributed by atoms with Crippen LogP contribution in [0.1, 0.15) is 42.6 Å². The van der Waals surface area contributed by atoms with Crippen molar-refractivity contribution in [2.45, 2.75) is 39.1 Å². The maximum absolute atomic E-state index is 12.1. The van der Waals surface area contributed by atoms with E-state index in [0.29, 0.717) is 30.6 Å². The Bertz CT molecular complexity index is 621. The van der Waals surface area contributed by atoms with Crippen molar-refractivity contribution in [1.29, 1.82) is 0 Å². The number of nitrogens with one attached hydrogen (secondary N) is 1. The molecule has 1 atom stereocenters. The van der Waals surface area contributed by atoms with Crippen LogP contribution in [0.25, 0.3) is 0 Å². The number of rotatable bonds is 6. The van der Waals surface area contributed by atoms with Gasteiger partial charge in [0.15, 0.2) is 0 Å². The van der Waals surface area contributed by atoms with E-state index in [0.717, 1.165) is 0 Å². The molecular weight excluding hydrogens is 313 g/mol. The third kappa shape index (κ3) is 4.00. The third-order valence-electron chi connectivity index (χ3n) is 3.72. The predicted octanol–water partition coefficient (Wildman–Crippen LogP) is 1.11. The zero-order chi connectivity index (χ0) is 17.7. The van der Waals surface area contributed by atoms with E-state index in [9.17, 15) is 14.6 Å². The molecule has 1 amide bonds. The molecule has 0 bridgehead atoms. The van der Waals surface area contributed by atoms with E-state index in [-0.39, 0.29) is 23.8 Å². The summed E-state index contributed by atoms with van der Waals surface area (Å²) in [4.78, 5) is 23.9. The molecule has 1 unspecified atom stereocenters. The number of amides is 1. The molecule has 7 nitrogen and oxygen atoms in total. The van der Waals surface area contributed by atoms with E-state index in [1.807, 2.05) is 6.92 Å². The van der Waals surface area contributed by atoms with Gasteiger partial charge in [0.1, 0.15) is 17.1 Å². The van der Waals surface area contributed by atoms with E-state index in [1.54, 1.807) is 13.0 Å². The van der Waals surface area contributed by atoms with Crippen molar-refractivity contribution < 1.29 is 28.7 Å². The molecular formula is C16H22BNO6. The Kier molecular flexibility index (Phi) is 6.08. The van der Waals surface area contributed by atoms with Crippen LogP contribution in [-0.2, 0) is 16.0 Å². The summed E-state index contributed by atoms with van der Waals surface area (Å²) in [6.45, 7) is 3.84. The van der Waals surface area contributed by atoms with E-state index >= 15 is 0 Å². The SMILES string of the molecule is CCCC(=O)NC1Cc2cc(OC)cc(C(=O)OCC)c2OB1O. The molecule has 1 heterocycles. The van der Waals surface area contributed by atoms with Crippen molar-refractivity contribution in [2.75, 3.05) is 13.7 Å². The van der Waals surface area contributed by atoms with Crippen LogP contribution in [-0.4, -0.2) is 43.7 Å². The Labute approximate surface area is 141 Å². The zero-order valence-corrected chi connectivity index (χ0v) is 14.1. The Balaban J connectivity index is 2.31. The predicted molar refractivity (Wildman–Crippen MR) is 88.1 cm³/mol. The smallest absolute Gasteiger partial charge is 0.534 e. The van der Waals surface area contributed by atoms with Crippen LogP contribution < -0.4 is 14.7 Å². The number of esters is 1. The second kappa shape index (κ2) is 8.05. The number of hydrogen-bond donors (Lipinski definition) is 2. The quantitative estimate of drug-likeness (QED) is 0.597. The highest BCUT2D eigenvalue weighted by molar-refractivity contribution is 6.47. The van der Waals surface area contributed by atoms with Crippen molar-refractivity contribution in [3.8, 4) is 11.5 Å². The molecule has 0 aromatic heterocycles. The van der Waals surface area contributed by atoms with Crippen LogP contribution in [0.5, 0.6) is 11.5 Å². The summed E-state index contributed by atoms with van der Waals surface area (Å²) in [5, 5.41) is 12.9. The monoisotopic (exact) mass is 335 g/mol. The highest BCUT2D eigenvalue weighted by Crippen LogP contribution is 2.34. The average Bonchev–Trinajstić information content (AvgIpc) is 2.55. The van der Waals surface area contributed by atoms with Crippen LogP contribution in [0.15, 0.2) is 12.1 Å². The molecule has 2 rings (SSSR count). The lowest BCUT2D eigenvalue weighted by atomic mass is 9.72. The highest BCUT2D eigenvalue weighted by Gasteiger charge is 2.38. The van der Waals surface area contributed by atoms with Gasteiger partial charge in [-0.25, -0.2) is 4.79 Å². The first-order chi connectivity index (χ1) is 11.5. The molecule has 0 radical (unpaired) electrons. The highest BCUT2D eigenvalue weighted by atomic mass is 16.5. The van der Waals surface area contributed by atoms with E-state index in [2.05, 4.69) is 5.32 Å². The van der Waals surface area contributed by atoms with Gasteiger partial charge in [-0.2, -0.15) is 0 Å². The lowest BCUT2D eigenvalue weighted by Gasteiger charge is -2.29. The van der Waals surface area contributed by atoms with Gasteiger partial charge in [-0.05, 0) is 37.5 Å². The molecule has 1 aromatic rings. The van der Waals surface area contributed by atoms with Gasteiger partial charge in [-0.15, -0.1) is 0 Å². The summed E-state index contributed by atoms with van der Waals surface area (Å²) in [7, 11) is 0.260. The fourth-order valence-electron chi connectivity index (χ4n) is 2.60. The summed E-state index contributed by atoms with van der Waals surface area (Å²) in [6.07, 6.45) is 1.42. The van der Waals surface area contributed by atoms with Gasteiger partial charge in [0, 0.05) is 6.42 Å². The molecule has 1 aliphatic heterocycles. The fraction of sp³-hybridized carbons (Fsp3) is 0.500. The van der Waals surface area contributed by atoms with Gasteiger partial charge >= 0.3 is 13.1 Å². The van der Waals surface area contributed by atoms with E-state index in [1.165, 1.54) is 13.2 Å². The molecule has 2 N–H and O–H groups in total. The second-order valence-corrected chi connectivity index (χ2v) is 5.52. The van der Waals surface area contributed by atoms with Crippen LogP contribution in [0.3, 0.4) is 0 Å². The Morgan fingerprint density at radius 3 is 2.79 bits per heavy atom. The number of carbonyl (C=O) groups excluding carboxylic acids is 2. The summed E-state index contributed by atoms with van der Waals surface area (Å²) >= 11 is 0. The normalized spacial score (nSPS) is 16.0. The second-order valence-electron chi connectivity index (χ2n) is 5.52. The number of fused-ring (bicyclic) bond motifs is 1. The van der Waals surface area contributed by atoms with E-state index in [4.69, 9.17) is 14.1 Å². The summed E-state index contributed by atoms with van der Waals surface area (Å²) in [5.41, 5.74) is 0.869. The molecule has 0 fully saturated rings. The molecule has 0 saturated carbocycles. The molecule has 1 aliphatic rings. The van der Waals surface area contributed by atoms with Gasteiger partial charge in [-0.1, -0.05) is 6.92 Å². The lowest BCUT2D eigenvalue weighted by molar-refractivity contribution is -0.121. The van der Waals surface area contributed by atoms with Gasteiger partial charge in [-0.3, -0.25) is 4.79 Å². The minimum absolute atomic E-state index is 0.151. The minimum Gasteiger partial charge on any atom is -0.534 e. The Morgan fingerprint density at radius 1 is 1.42 bits per heavy atom. The molecule has 0 aliphatic carbocycles. The molecule has 0 saturated heterocycles. The number of ether oxygens (including phenoxy) is 2. The Morgan fingerprint density at radius 2 is 2.17 bits per heavy atom. The Hall–Kier alpha value is -2.22. The molecule has 24 heavy (non-hydrogen) atoms. The largest absolute Gasteiger partial charge is 0.547 e. The van der Waals surface area contributed by atoms with Gasteiger partial charge < -0.3 is 24.5 Å². The molecule has 1 aromatic carbocycles. The van der Waals surface area contributed by atoms with Crippen molar-refractivity contribution in [3.05, 3.63) is 23.3 Å². The topological polar surface area (TPSA) is 94.1 Å². The van der Waals surface area contributed by atoms with Crippen LogP contribution in [0, 0.1) is 0 Å². The van der Waals surface area contributed by atoms with Gasteiger partial charge in [0.25, 0.3) is 0 Å². The maximum Gasteiger partial charge on any atom is 0.547 e. The summed E-state index contributed by atoms with van der Waals surface area (Å²) < 4.78 is 15.8. The summed E-state index contributed by atoms with van der Waals surface area (Å²) in [5.74, 6) is -0.535. The fourth-order valence-corrected chi connectivity index (χ4v) is 2.60. The van der Waals surface area contributed by atoms with Crippen molar-refractivity contribution in [2.24, 2.45) is 0 Å². The summed E-state index contributed by atoms with van der Waals surface area (Å²) in [6, 6.07) is 3.24. The lowest BCUT2D eigenvalue weighted by Crippen LogP contribution is -2.53. The first-order valence-corrected chi connectivity index (χ1v) is 8.02. The first-order valence-electron chi connectivity index (χ1n) is 8.02. The molecule has 0 spiro atoms. The van der Waals surface area contributed by atoms with Crippen molar-refractivity contribution >= 4 is 19.0 Å². The molecule has 130 valence electrons. The number of carbonyl (C=O) groups is 2. The number of hydrogen-bond acceptors (Lipinski definition) is 6. The van der Waals surface area contributed by atoms with Crippen LogP contribution >= 0.6 is 0 Å². The van der Waals surface area contributed by atoms with E-state index < -0.39 is 19.0 Å².